The van der Waals surface area contributed by atoms with Crippen LogP contribution < -0.4 is 0 Å². The summed E-state index contributed by atoms with van der Waals surface area (Å²) >= 11 is 0. The Morgan fingerprint density at radius 2 is 0.594 bits per heavy atom. The molecule has 0 saturated carbocycles. The Morgan fingerprint density at radius 1 is 0.328 bits per heavy atom. The minimum Gasteiger partial charge on any atom is -0.462 e. The summed E-state index contributed by atoms with van der Waals surface area (Å²) in [7, 11) is 0. The fourth-order valence-corrected chi connectivity index (χ4v) is 8.84. The molecule has 0 fully saturated rings. The van der Waals surface area contributed by atoms with Gasteiger partial charge in [0.25, 0.3) is 0 Å². The number of hydrogen-bond acceptors (Lipinski definition) is 6. The highest BCUT2D eigenvalue weighted by Gasteiger charge is 2.19. The van der Waals surface area contributed by atoms with Crippen LogP contribution in [0.3, 0.4) is 0 Å². The van der Waals surface area contributed by atoms with Gasteiger partial charge in [0.2, 0.25) is 0 Å². The van der Waals surface area contributed by atoms with E-state index >= 15 is 0 Å². The summed E-state index contributed by atoms with van der Waals surface area (Å²) in [5, 5.41) is 0. The fourth-order valence-electron chi connectivity index (χ4n) is 8.84. The van der Waals surface area contributed by atoms with Gasteiger partial charge in [0, 0.05) is 19.3 Å². The molecule has 0 aromatic carbocycles. The molecule has 2 atom stereocenters. The molecule has 0 amide bonds. The second-order valence-electron chi connectivity index (χ2n) is 20.6. The lowest BCUT2D eigenvalue weighted by Crippen LogP contribution is -2.30. The third-order valence-corrected chi connectivity index (χ3v) is 13.6. The van der Waals surface area contributed by atoms with E-state index in [-0.39, 0.29) is 31.1 Å². The second-order valence-corrected chi connectivity index (χ2v) is 20.6. The van der Waals surface area contributed by atoms with Crippen LogP contribution in [0.5, 0.6) is 0 Å². The number of rotatable bonds is 52. The van der Waals surface area contributed by atoms with Crippen molar-refractivity contribution in [2.45, 2.75) is 330 Å². The van der Waals surface area contributed by atoms with Crippen LogP contribution in [-0.2, 0) is 28.6 Å². The van der Waals surface area contributed by atoms with Gasteiger partial charge in [-0.05, 0) is 31.1 Å². The Labute approximate surface area is 399 Å². The van der Waals surface area contributed by atoms with E-state index in [9.17, 15) is 14.4 Å². The van der Waals surface area contributed by atoms with E-state index in [0.717, 1.165) is 69.6 Å². The summed E-state index contributed by atoms with van der Waals surface area (Å²) in [5.41, 5.74) is 0. The topological polar surface area (TPSA) is 78.9 Å². The maximum atomic E-state index is 12.8. The normalized spacial score (nSPS) is 12.5. The number of hydrogen-bond donors (Lipinski definition) is 0. The first-order chi connectivity index (χ1) is 31.3. The molecule has 0 spiro atoms. The first kappa shape index (κ1) is 62.4. The highest BCUT2D eigenvalue weighted by molar-refractivity contribution is 5.71. The van der Waals surface area contributed by atoms with E-state index in [1.54, 1.807) is 0 Å². The molecule has 0 bridgehead atoms. The van der Waals surface area contributed by atoms with Crippen molar-refractivity contribution in [1.82, 2.24) is 0 Å². The quantitative estimate of drug-likeness (QED) is 0.0344. The molecule has 380 valence electrons. The predicted molar refractivity (Wildman–Crippen MR) is 275 cm³/mol. The molecule has 0 heterocycles. The molecule has 0 aromatic heterocycles. The third kappa shape index (κ3) is 49.8. The molecule has 0 aliphatic heterocycles. The molecule has 0 aromatic rings. The summed E-state index contributed by atoms with van der Waals surface area (Å²) in [5.74, 6) is 0.862. The van der Waals surface area contributed by atoms with E-state index in [1.165, 1.54) is 212 Å². The van der Waals surface area contributed by atoms with Crippen LogP contribution in [0, 0.1) is 11.8 Å². The van der Waals surface area contributed by atoms with Gasteiger partial charge < -0.3 is 14.2 Å². The Hall–Kier alpha value is -1.59. The monoisotopic (exact) mass is 905 g/mol. The summed E-state index contributed by atoms with van der Waals surface area (Å²) < 4.78 is 16.9. The first-order valence-electron chi connectivity index (χ1n) is 28.8. The number of unbranched alkanes of at least 4 members (excludes halogenated alkanes) is 36. The summed E-state index contributed by atoms with van der Waals surface area (Å²) in [6.45, 7) is 11.4. The van der Waals surface area contributed by atoms with Crippen molar-refractivity contribution in [3.8, 4) is 0 Å². The van der Waals surface area contributed by atoms with Crippen LogP contribution >= 0.6 is 0 Å². The van der Waals surface area contributed by atoms with Gasteiger partial charge in [-0.15, -0.1) is 0 Å². The Morgan fingerprint density at radius 3 is 0.891 bits per heavy atom. The molecule has 0 radical (unpaired) electrons. The predicted octanol–water partition coefficient (Wildman–Crippen LogP) is 18.9. The minimum absolute atomic E-state index is 0.0632. The zero-order valence-electron chi connectivity index (χ0n) is 43.9. The smallest absolute Gasteiger partial charge is 0.306 e. The average molecular weight is 906 g/mol. The highest BCUT2D eigenvalue weighted by Crippen LogP contribution is 2.18. The van der Waals surface area contributed by atoms with E-state index in [2.05, 4.69) is 34.6 Å². The zero-order valence-corrected chi connectivity index (χ0v) is 43.9. The number of ether oxygens (including phenoxy) is 3. The lowest BCUT2D eigenvalue weighted by molar-refractivity contribution is -0.167. The molecule has 1 unspecified atom stereocenters. The minimum atomic E-state index is -0.762. The fraction of sp³-hybridized carbons (Fsp3) is 0.948. The van der Waals surface area contributed by atoms with Crippen LogP contribution in [0.2, 0.25) is 0 Å². The Bertz CT molecular complexity index is 980. The van der Waals surface area contributed by atoms with Gasteiger partial charge in [-0.1, -0.05) is 285 Å². The van der Waals surface area contributed by atoms with Crippen molar-refractivity contribution in [2.24, 2.45) is 11.8 Å². The standard InChI is InChI=1S/C58H112O6/c1-6-8-9-10-11-12-13-20-24-27-33-38-43-48-56(59)62-51-55(64-58(61)50-45-40-35-30-29-32-37-42-47-54(5)7-2)52-63-57(60)49-44-39-34-28-25-22-19-17-15-14-16-18-21-23-26-31-36-41-46-53(3)4/h53-55H,6-52H2,1-5H3/t54?,55-/m1/s1. The number of carbonyl (C=O) groups is 3. The van der Waals surface area contributed by atoms with Crippen LogP contribution in [-0.4, -0.2) is 37.2 Å². The van der Waals surface area contributed by atoms with Crippen molar-refractivity contribution in [1.29, 1.82) is 0 Å². The van der Waals surface area contributed by atoms with E-state index in [1.807, 2.05) is 0 Å². The van der Waals surface area contributed by atoms with Crippen molar-refractivity contribution in [2.75, 3.05) is 13.2 Å². The molecule has 6 nitrogen and oxygen atoms in total. The highest BCUT2D eigenvalue weighted by atomic mass is 16.6. The van der Waals surface area contributed by atoms with Crippen LogP contribution in [0.25, 0.3) is 0 Å². The third-order valence-electron chi connectivity index (χ3n) is 13.6. The maximum absolute atomic E-state index is 12.8. The van der Waals surface area contributed by atoms with Crippen molar-refractivity contribution < 1.29 is 28.6 Å². The van der Waals surface area contributed by atoms with Crippen LogP contribution in [0.4, 0.5) is 0 Å². The SMILES string of the molecule is CCCCCCCCCCCCCCCC(=O)OC[C@H](COC(=O)CCCCCCCCCCCCCCCCCCCCC(C)C)OC(=O)CCCCCCCCCCC(C)CC. The molecule has 0 aliphatic carbocycles. The van der Waals surface area contributed by atoms with Gasteiger partial charge in [-0.25, -0.2) is 0 Å². The molecule has 0 saturated heterocycles. The molecule has 0 rings (SSSR count). The van der Waals surface area contributed by atoms with Gasteiger partial charge in [0.15, 0.2) is 6.10 Å². The lowest BCUT2D eigenvalue weighted by atomic mass is 9.99. The van der Waals surface area contributed by atoms with Gasteiger partial charge >= 0.3 is 17.9 Å². The summed E-state index contributed by atoms with van der Waals surface area (Å²) in [6, 6.07) is 0. The van der Waals surface area contributed by atoms with Gasteiger partial charge in [-0.3, -0.25) is 14.4 Å². The van der Waals surface area contributed by atoms with E-state index in [4.69, 9.17) is 14.2 Å². The van der Waals surface area contributed by atoms with Crippen LogP contribution in [0.15, 0.2) is 0 Å². The first-order valence-corrected chi connectivity index (χ1v) is 28.8. The van der Waals surface area contributed by atoms with Gasteiger partial charge in [-0.2, -0.15) is 0 Å². The van der Waals surface area contributed by atoms with Crippen LogP contribution in [0.1, 0.15) is 324 Å². The molecular formula is C58H112O6. The number of carbonyl (C=O) groups excluding carboxylic acids is 3. The van der Waals surface area contributed by atoms with Gasteiger partial charge in [0.1, 0.15) is 13.2 Å². The van der Waals surface area contributed by atoms with Gasteiger partial charge in [0.05, 0.1) is 0 Å². The van der Waals surface area contributed by atoms with E-state index < -0.39 is 6.10 Å². The molecule has 6 heteroatoms. The van der Waals surface area contributed by atoms with Crippen molar-refractivity contribution in [3.63, 3.8) is 0 Å². The number of esters is 3. The second kappa shape index (κ2) is 50.8. The molecule has 0 N–H and O–H groups in total. The van der Waals surface area contributed by atoms with Crippen molar-refractivity contribution >= 4 is 17.9 Å². The molecule has 64 heavy (non-hydrogen) atoms. The zero-order chi connectivity index (χ0) is 46.8. The molecular weight excluding hydrogens is 793 g/mol. The summed E-state index contributed by atoms with van der Waals surface area (Å²) in [4.78, 5) is 38.1. The Balaban J connectivity index is 4.22. The average Bonchev–Trinajstić information content (AvgIpc) is 3.28. The van der Waals surface area contributed by atoms with Crippen molar-refractivity contribution in [3.05, 3.63) is 0 Å². The largest absolute Gasteiger partial charge is 0.462 e. The van der Waals surface area contributed by atoms with E-state index in [0.29, 0.717) is 19.3 Å². The Kier molecular flexibility index (Phi) is 49.6. The maximum Gasteiger partial charge on any atom is 0.306 e. The summed E-state index contributed by atoms with van der Waals surface area (Å²) in [6.07, 6.45) is 53.8. The lowest BCUT2D eigenvalue weighted by Gasteiger charge is -2.18. The molecule has 0 aliphatic rings.